The average molecular weight is 461 g/mol. The molecule has 0 amide bonds. The minimum absolute atomic E-state index is 0.362. The number of hydrogen-bond acceptors (Lipinski definition) is 2. The largest absolute Gasteiger partial charge is 0.489 e. The highest BCUT2D eigenvalue weighted by Crippen LogP contribution is 2.55. The van der Waals surface area contributed by atoms with Crippen LogP contribution in [0.2, 0.25) is 5.02 Å². The Labute approximate surface area is 181 Å². The zero-order valence-corrected chi connectivity index (χ0v) is 18.4. The summed E-state index contributed by atoms with van der Waals surface area (Å²) in [5.41, 5.74) is 2.68. The lowest BCUT2D eigenvalue weighted by Crippen LogP contribution is -2.58. The van der Waals surface area contributed by atoms with Crippen molar-refractivity contribution in [3.05, 3.63) is 63.1 Å². The van der Waals surface area contributed by atoms with E-state index in [9.17, 15) is 0 Å². The van der Waals surface area contributed by atoms with Gasteiger partial charge in [0.2, 0.25) is 0 Å². The molecule has 0 heterocycles. The van der Waals surface area contributed by atoms with Crippen LogP contribution in [-0.2, 0) is 13.2 Å². The summed E-state index contributed by atoms with van der Waals surface area (Å²) in [6.45, 7) is 1.41. The Bertz CT molecular complexity index is 832. The molecule has 4 heteroatoms. The van der Waals surface area contributed by atoms with E-state index in [0.717, 1.165) is 45.1 Å². The number of ether oxygens (including phenoxy) is 1. The van der Waals surface area contributed by atoms with Gasteiger partial charge in [0.05, 0.1) is 0 Å². The minimum atomic E-state index is 0.362. The molecule has 2 aromatic carbocycles. The summed E-state index contributed by atoms with van der Waals surface area (Å²) in [5.74, 6) is 3.83. The Kier molecular flexibility index (Phi) is 5.19. The van der Waals surface area contributed by atoms with Crippen molar-refractivity contribution < 1.29 is 4.74 Å². The number of halogens is 2. The Morgan fingerprint density at radius 1 is 1.00 bits per heavy atom. The fraction of sp³-hybridized carbons (Fsp3) is 0.500. The molecule has 0 radical (unpaired) electrons. The van der Waals surface area contributed by atoms with Gasteiger partial charge in [-0.05, 0) is 92.2 Å². The van der Waals surface area contributed by atoms with Crippen molar-refractivity contribution >= 4 is 27.5 Å². The molecule has 4 bridgehead atoms. The molecule has 0 spiro atoms. The average Bonchev–Trinajstić information content (AvgIpc) is 2.65. The van der Waals surface area contributed by atoms with E-state index in [4.69, 9.17) is 16.3 Å². The molecule has 1 N–H and O–H groups in total. The Hall–Kier alpha value is -1.03. The van der Waals surface area contributed by atoms with Crippen LogP contribution >= 0.6 is 27.5 Å². The van der Waals surface area contributed by atoms with Gasteiger partial charge in [0, 0.05) is 27.1 Å². The minimum Gasteiger partial charge on any atom is -0.489 e. The van der Waals surface area contributed by atoms with Gasteiger partial charge in [-0.25, -0.2) is 0 Å². The molecule has 4 aliphatic rings. The molecule has 4 fully saturated rings. The topological polar surface area (TPSA) is 21.3 Å². The zero-order valence-electron chi connectivity index (χ0n) is 16.1. The molecule has 2 aromatic rings. The Morgan fingerprint density at radius 2 is 1.71 bits per heavy atom. The number of nitrogens with one attached hydrogen (secondary N) is 1. The molecule has 28 heavy (non-hydrogen) atoms. The van der Waals surface area contributed by atoms with Crippen LogP contribution in [0.3, 0.4) is 0 Å². The first-order valence-corrected chi connectivity index (χ1v) is 11.6. The summed E-state index contributed by atoms with van der Waals surface area (Å²) in [7, 11) is 0. The van der Waals surface area contributed by atoms with E-state index in [1.165, 1.54) is 44.1 Å². The molecular formula is C24H27BrClNO. The van der Waals surface area contributed by atoms with E-state index >= 15 is 0 Å². The van der Waals surface area contributed by atoms with Gasteiger partial charge in [0.25, 0.3) is 0 Å². The molecule has 0 saturated heterocycles. The highest BCUT2D eigenvalue weighted by molar-refractivity contribution is 9.10. The molecule has 2 nitrogen and oxygen atoms in total. The third kappa shape index (κ3) is 3.99. The molecule has 0 aromatic heterocycles. The quantitative estimate of drug-likeness (QED) is 0.515. The van der Waals surface area contributed by atoms with Crippen molar-refractivity contribution in [3.8, 4) is 5.75 Å². The first-order valence-electron chi connectivity index (χ1n) is 10.5. The molecule has 4 aliphatic carbocycles. The third-order valence-electron chi connectivity index (χ3n) is 7.00. The fourth-order valence-corrected chi connectivity index (χ4v) is 6.85. The van der Waals surface area contributed by atoms with E-state index in [2.05, 4.69) is 45.5 Å². The van der Waals surface area contributed by atoms with Gasteiger partial charge < -0.3 is 10.1 Å². The summed E-state index contributed by atoms with van der Waals surface area (Å²) >= 11 is 9.74. The Balaban J connectivity index is 1.29. The van der Waals surface area contributed by atoms with Gasteiger partial charge in [-0.3, -0.25) is 0 Å². The number of rotatable bonds is 6. The maximum absolute atomic E-state index is 6.19. The van der Waals surface area contributed by atoms with E-state index in [-0.39, 0.29) is 0 Å². The van der Waals surface area contributed by atoms with Gasteiger partial charge in [-0.2, -0.15) is 0 Å². The lowest BCUT2D eigenvalue weighted by atomic mass is 9.53. The Morgan fingerprint density at radius 3 is 2.39 bits per heavy atom. The maximum atomic E-state index is 6.19. The van der Waals surface area contributed by atoms with Crippen molar-refractivity contribution in [2.24, 2.45) is 17.8 Å². The smallest absolute Gasteiger partial charge is 0.124 e. The van der Waals surface area contributed by atoms with Crippen molar-refractivity contribution in [2.75, 3.05) is 0 Å². The monoisotopic (exact) mass is 459 g/mol. The van der Waals surface area contributed by atoms with E-state index in [0.29, 0.717) is 12.1 Å². The highest BCUT2D eigenvalue weighted by Gasteiger charge is 2.50. The molecule has 0 atom stereocenters. The van der Waals surface area contributed by atoms with Crippen molar-refractivity contribution in [3.63, 3.8) is 0 Å². The molecular weight excluding hydrogens is 434 g/mol. The second-order valence-electron chi connectivity index (χ2n) is 9.22. The molecule has 148 valence electrons. The van der Waals surface area contributed by atoms with Crippen LogP contribution in [0, 0.1) is 17.8 Å². The summed E-state index contributed by atoms with van der Waals surface area (Å²) < 4.78 is 7.29. The third-order valence-corrected chi connectivity index (χ3v) is 7.73. The van der Waals surface area contributed by atoms with Crippen molar-refractivity contribution in [2.45, 2.75) is 57.2 Å². The highest BCUT2D eigenvalue weighted by atomic mass is 79.9. The second kappa shape index (κ2) is 7.66. The number of hydrogen-bond donors (Lipinski definition) is 1. The van der Waals surface area contributed by atoms with Gasteiger partial charge in [0.1, 0.15) is 12.4 Å². The summed E-state index contributed by atoms with van der Waals surface area (Å²) in [5, 5.41) is 4.75. The van der Waals surface area contributed by atoms with Crippen LogP contribution in [0.1, 0.15) is 49.7 Å². The van der Waals surface area contributed by atoms with Crippen LogP contribution in [0.4, 0.5) is 0 Å². The van der Waals surface area contributed by atoms with Crippen LogP contribution in [0.15, 0.2) is 46.9 Å². The van der Waals surface area contributed by atoms with Crippen LogP contribution in [-0.4, -0.2) is 5.54 Å². The van der Waals surface area contributed by atoms with E-state index in [1.54, 1.807) is 0 Å². The second-order valence-corrected chi connectivity index (χ2v) is 10.6. The molecule has 6 rings (SSSR count). The predicted molar refractivity (Wildman–Crippen MR) is 118 cm³/mol. The maximum Gasteiger partial charge on any atom is 0.124 e. The van der Waals surface area contributed by atoms with Gasteiger partial charge in [-0.15, -0.1) is 0 Å². The first kappa shape index (κ1) is 19.0. The van der Waals surface area contributed by atoms with Crippen LogP contribution < -0.4 is 10.1 Å². The number of benzene rings is 2. The van der Waals surface area contributed by atoms with E-state index < -0.39 is 0 Å². The molecule has 0 aliphatic heterocycles. The molecule has 0 unspecified atom stereocenters. The fourth-order valence-electron chi connectivity index (χ4n) is 6.22. The summed E-state index contributed by atoms with van der Waals surface area (Å²) in [6.07, 6.45) is 8.53. The van der Waals surface area contributed by atoms with Crippen molar-refractivity contribution in [1.82, 2.24) is 5.32 Å². The van der Waals surface area contributed by atoms with E-state index in [1.807, 2.05) is 18.2 Å². The van der Waals surface area contributed by atoms with Gasteiger partial charge in [-0.1, -0.05) is 39.7 Å². The van der Waals surface area contributed by atoms with Gasteiger partial charge >= 0.3 is 0 Å². The standard InChI is InChI=1S/C24H27BrClNO/c25-21-4-5-23(28-15-16-2-1-3-22(26)9-16)20(10-21)14-27-24-11-17-6-18(12-24)8-19(7-17)13-24/h1-5,9-10,17-19,27H,6-8,11-15H2. The lowest BCUT2D eigenvalue weighted by molar-refractivity contribution is -0.0206. The summed E-state index contributed by atoms with van der Waals surface area (Å²) in [4.78, 5) is 0. The van der Waals surface area contributed by atoms with Crippen molar-refractivity contribution in [1.29, 1.82) is 0 Å². The zero-order chi connectivity index (χ0) is 19.1. The van der Waals surface area contributed by atoms with Gasteiger partial charge in [0.15, 0.2) is 0 Å². The van der Waals surface area contributed by atoms with Crippen LogP contribution in [0.25, 0.3) is 0 Å². The first-order chi connectivity index (χ1) is 13.6. The summed E-state index contributed by atoms with van der Waals surface area (Å²) in [6, 6.07) is 14.2. The SMILES string of the molecule is Clc1cccc(COc2ccc(Br)cc2CNC23CC4CC(CC(C4)C2)C3)c1. The molecule has 4 saturated carbocycles. The normalized spacial score (nSPS) is 30.6. The lowest BCUT2D eigenvalue weighted by Gasteiger charge is -2.57. The van der Waals surface area contributed by atoms with Crippen LogP contribution in [0.5, 0.6) is 5.75 Å². The predicted octanol–water partition coefficient (Wildman–Crippen LogP) is 6.74.